The lowest BCUT2D eigenvalue weighted by molar-refractivity contribution is -0.114. The number of anilines is 1. The molecule has 1 heterocycles. The van der Waals surface area contributed by atoms with Crippen LogP contribution in [0.3, 0.4) is 0 Å². The zero-order chi connectivity index (χ0) is 27.0. The van der Waals surface area contributed by atoms with Gasteiger partial charge < -0.3 is 19.5 Å². The molecule has 40 heavy (non-hydrogen) atoms. The molecule has 1 fully saturated rings. The van der Waals surface area contributed by atoms with E-state index in [4.69, 9.17) is 14.2 Å². The number of rotatable bonds is 10. The average molecular weight is 559 g/mol. The lowest BCUT2D eigenvalue weighted by atomic mass is 9.86. The van der Waals surface area contributed by atoms with Crippen molar-refractivity contribution >= 4 is 24.0 Å². The summed E-state index contributed by atoms with van der Waals surface area (Å²) in [5.74, 6) is 3.03. The van der Waals surface area contributed by atoms with Gasteiger partial charge in [-0.25, -0.2) is 0 Å². The topological polar surface area (TPSA) is 69.7 Å². The van der Waals surface area contributed by atoms with Gasteiger partial charge in [-0.3, -0.25) is 9.78 Å². The van der Waals surface area contributed by atoms with Crippen LogP contribution in [0.25, 0.3) is 0 Å². The number of hydrogen-bond acceptors (Lipinski definition) is 5. The third-order valence-corrected chi connectivity index (χ3v) is 7.07. The summed E-state index contributed by atoms with van der Waals surface area (Å²) in [5.41, 5.74) is 4.29. The minimum atomic E-state index is -0.102. The van der Waals surface area contributed by atoms with Crippen molar-refractivity contribution < 1.29 is 19.0 Å². The van der Waals surface area contributed by atoms with Crippen LogP contribution in [-0.4, -0.2) is 24.1 Å². The number of methoxy groups -OCH3 is 1. The normalized spacial score (nSPS) is 13.7. The van der Waals surface area contributed by atoms with E-state index in [0.717, 1.165) is 42.2 Å². The molecule has 6 nitrogen and oxygen atoms in total. The molecule has 5 rings (SSSR count). The Labute approximate surface area is 242 Å². The number of carbonyl (C=O) groups is 1. The molecule has 3 aromatic carbocycles. The smallest absolute Gasteiger partial charge is 0.221 e. The second-order valence-electron chi connectivity index (χ2n) is 9.92. The van der Waals surface area contributed by atoms with Crippen molar-refractivity contribution in [1.82, 2.24) is 4.98 Å². The summed E-state index contributed by atoms with van der Waals surface area (Å²) >= 11 is 0. The minimum Gasteiger partial charge on any atom is -0.493 e. The fourth-order valence-corrected chi connectivity index (χ4v) is 5.08. The maximum absolute atomic E-state index is 11.3. The van der Waals surface area contributed by atoms with Crippen LogP contribution in [-0.2, 0) is 11.2 Å². The molecule has 0 aliphatic heterocycles. The first-order valence-electron chi connectivity index (χ1n) is 13.5. The molecule has 1 N–H and O–H groups in total. The Bertz CT molecular complexity index is 1370. The number of halogens is 1. The van der Waals surface area contributed by atoms with Gasteiger partial charge in [0.05, 0.1) is 13.2 Å². The molecule has 1 amide bonds. The van der Waals surface area contributed by atoms with Crippen LogP contribution in [0.15, 0.2) is 91.3 Å². The quantitative estimate of drug-likeness (QED) is 0.214. The second-order valence-corrected chi connectivity index (χ2v) is 9.92. The van der Waals surface area contributed by atoms with Gasteiger partial charge in [-0.15, -0.1) is 12.4 Å². The average Bonchev–Trinajstić information content (AvgIpc) is 3.47. The lowest BCUT2D eigenvalue weighted by Crippen LogP contribution is -2.12. The maximum Gasteiger partial charge on any atom is 0.221 e. The van der Waals surface area contributed by atoms with Gasteiger partial charge in [0, 0.05) is 30.9 Å². The van der Waals surface area contributed by atoms with E-state index < -0.39 is 0 Å². The zero-order valence-electron chi connectivity index (χ0n) is 22.8. The van der Waals surface area contributed by atoms with Crippen molar-refractivity contribution in [1.29, 1.82) is 0 Å². The number of hydrogen-bond donors (Lipinski definition) is 1. The van der Waals surface area contributed by atoms with Gasteiger partial charge in [-0.2, -0.15) is 0 Å². The summed E-state index contributed by atoms with van der Waals surface area (Å²) in [6.45, 7) is 1.49. The molecule has 1 saturated carbocycles. The Morgan fingerprint density at radius 1 is 0.875 bits per heavy atom. The largest absolute Gasteiger partial charge is 0.493 e. The lowest BCUT2D eigenvalue weighted by Gasteiger charge is -2.22. The molecule has 4 aromatic rings. The molecule has 1 aliphatic carbocycles. The van der Waals surface area contributed by atoms with Crippen LogP contribution in [0.5, 0.6) is 23.0 Å². The number of nitrogens with zero attached hydrogens (tertiary/aromatic N) is 1. The molecule has 0 saturated heterocycles. The Kier molecular flexibility index (Phi) is 10.0. The predicted molar refractivity (Wildman–Crippen MR) is 160 cm³/mol. The van der Waals surface area contributed by atoms with Crippen molar-refractivity contribution in [2.24, 2.45) is 0 Å². The number of benzene rings is 3. The highest BCUT2D eigenvalue weighted by molar-refractivity contribution is 5.88. The Morgan fingerprint density at radius 2 is 1.50 bits per heavy atom. The molecule has 7 heteroatoms. The first kappa shape index (κ1) is 29.0. The Hall–Kier alpha value is -4.03. The maximum atomic E-state index is 11.3. The summed E-state index contributed by atoms with van der Waals surface area (Å²) in [6.07, 6.45) is 9.35. The van der Waals surface area contributed by atoms with Crippen LogP contribution in [0, 0.1) is 0 Å². The van der Waals surface area contributed by atoms with E-state index in [0.29, 0.717) is 5.75 Å². The van der Waals surface area contributed by atoms with E-state index in [9.17, 15) is 4.79 Å². The van der Waals surface area contributed by atoms with Crippen LogP contribution in [0.4, 0.5) is 5.69 Å². The van der Waals surface area contributed by atoms with E-state index in [-0.39, 0.29) is 30.3 Å². The van der Waals surface area contributed by atoms with Crippen LogP contribution < -0.4 is 19.5 Å². The van der Waals surface area contributed by atoms with Crippen molar-refractivity contribution in [2.75, 3.05) is 12.4 Å². The molecule has 0 radical (unpaired) electrons. The first-order valence-corrected chi connectivity index (χ1v) is 13.5. The highest BCUT2D eigenvalue weighted by atomic mass is 35.5. The summed E-state index contributed by atoms with van der Waals surface area (Å²) in [4.78, 5) is 15.5. The molecule has 0 bridgehead atoms. The summed E-state index contributed by atoms with van der Waals surface area (Å²) in [5, 5.41) is 2.77. The summed E-state index contributed by atoms with van der Waals surface area (Å²) < 4.78 is 18.1. The molecule has 1 aromatic heterocycles. The van der Waals surface area contributed by atoms with Gasteiger partial charge in [-0.1, -0.05) is 18.2 Å². The first-order chi connectivity index (χ1) is 19.1. The van der Waals surface area contributed by atoms with Crippen LogP contribution in [0.1, 0.15) is 55.2 Å². The summed E-state index contributed by atoms with van der Waals surface area (Å²) in [7, 11) is 1.69. The van der Waals surface area contributed by atoms with Crippen LogP contribution >= 0.6 is 12.4 Å². The SMILES string of the molecule is COc1ccc(C(Cc2ccncc2)c2ccc(Oc3ccc(NC(C)=O)cc3)cc2)cc1OC1CCCC1.Cl. The van der Waals surface area contributed by atoms with Crippen molar-refractivity contribution in [3.05, 3.63) is 108 Å². The van der Waals surface area contributed by atoms with E-state index >= 15 is 0 Å². The molecular weight excluding hydrogens is 524 g/mol. The van der Waals surface area contributed by atoms with E-state index in [1.54, 1.807) is 7.11 Å². The fraction of sp³-hybridized carbons (Fsp3) is 0.273. The number of ether oxygens (including phenoxy) is 3. The highest BCUT2D eigenvalue weighted by Crippen LogP contribution is 2.38. The van der Waals surface area contributed by atoms with Crippen molar-refractivity contribution in [3.8, 4) is 23.0 Å². The molecule has 0 spiro atoms. The monoisotopic (exact) mass is 558 g/mol. The van der Waals surface area contributed by atoms with Gasteiger partial charge in [-0.05, 0) is 109 Å². The molecule has 1 atom stereocenters. The number of aromatic nitrogens is 1. The number of carbonyl (C=O) groups excluding carboxylic acids is 1. The highest BCUT2D eigenvalue weighted by Gasteiger charge is 2.21. The Morgan fingerprint density at radius 3 is 2.12 bits per heavy atom. The van der Waals surface area contributed by atoms with Gasteiger partial charge in [0.25, 0.3) is 0 Å². The Balaban J connectivity index is 0.00000370. The number of amides is 1. The second kappa shape index (κ2) is 13.9. The molecule has 1 aliphatic rings. The zero-order valence-corrected chi connectivity index (χ0v) is 23.7. The van der Waals surface area contributed by atoms with E-state index in [1.165, 1.54) is 36.5 Å². The number of pyridine rings is 1. The minimum absolute atomic E-state index is 0. The van der Waals surface area contributed by atoms with Gasteiger partial charge in [0.15, 0.2) is 11.5 Å². The number of nitrogens with one attached hydrogen (secondary N) is 1. The van der Waals surface area contributed by atoms with Gasteiger partial charge in [0.1, 0.15) is 11.5 Å². The van der Waals surface area contributed by atoms with E-state index in [1.807, 2.05) is 54.9 Å². The molecular formula is C33H35ClN2O4. The van der Waals surface area contributed by atoms with Gasteiger partial charge in [0.2, 0.25) is 5.91 Å². The molecule has 208 valence electrons. The fourth-order valence-electron chi connectivity index (χ4n) is 5.08. The van der Waals surface area contributed by atoms with Crippen molar-refractivity contribution in [2.45, 2.75) is 51.0 Å². The summed E-state index contributed by atoms with van der Waals surface area (Å²) in [6, 6.07) is 26.0. The standard InChI is InChI=1S/C33H34N2O4.ClH/c1-23(36)35-27-10-14-30(15-11-27)38-29-12-7-25(8-13-29)31(21-24-17-19-34-20-18-24)26-9-16-32(37-2)33(22-26)39-28-5-3-4-6-28;/h7-20,22,28,31H,3-6,21H2,1-2H3,(H,35,36);1H. The predicted octanol–water partition coefficient (Wildman–Crippen LogP) is 7.96. The van der Waals surface area contributed by atoms with Crippen molar-refractivity contribution in [3.63, 3.8) is 0 Å². The third kappa shape index (κ3) is 7.54. The van der Waals surface area contributed by atoms with Crippen LogP contribution in [0.2, 0.25) is 0 Å². The third-order valence-electron chi connectivity index (χ3n) is 7.07. The molecule has 1 unspecified atom stereocenters. The van der Waals surface area contributed by atoms with Gasteiger partial charge >= 0.3 is 0 Å². The van der Waals surface area contributed by atoms with E-state index in [2.05, 4.69) is 46.7 Å².